The molecule has 0 radical (unpaired) electrons. The minimum absolute atomic E-state index is 0.298. The topological polar surface area (TPSA) is 34.1 Å². The van der Waals surface area contributed by atoms with E-state index in [0.717, 1.165) is 25.5 Å². The molecule has 86 valence electrons. The van der Waals surface area contributed by atoms with Crippen molar-refractivity contribution < 1.29 is 13.5 Å². The highest BCUT2D eigenvalue weighted by Gasteiger charge is 2.53. The maximum Gasteiger partial charge on any atom is 0.193 e. The Kier molecular flexibility index (Phi) is 2.28. The fourth-order valence-corrected chi connectivity index (χ4v) is 2.51. The molecule has 2 heterocycles. The Balaban J connectivity index is 1.63. The molecule has 1 N–H and O–H groups in total. The maximum absolute atomic E-state index is 13.2. The normalized spacial score (nSPS) is 31.2. The van der Waals surface area contributed by atoms with Crippen LogP contribution in [0.2, 0.25) is 0 Å². The molecule has 16 heavy (non-hydrogen) atoms. The van der Waals surface area contributed by atoms with Crippen molar-refractivity contribution in [1.29, 1.82) is 0 Å². The molecule has 0 aromatic carbocycles. The Morgan fingerprint density at radius 2 is 1.88 bits per heavy atom. The van der Waals surface area contributed by atoms with E-state index < -0.39 is 11.6 Å². The van der Waals surface area contributed by atoms with Crippen LogP contribution in [0.25, 0.3) is 0 Å². The minimum atomic E-state index is -0.732. The average Bonchev–Trinajstić information content (AvgIpc) is 2.72. The number of aromatic nitrogens is 1. The molecule has 1 saturated heterocycles. The molecule has 2 unspecified atom stereocenters. The van der Waals surface area contributed by atoms with Gasteiger partial charge in [-0.1, -0.05) is 0 Å². The molecule has 1 aliphatic carbocycles. The van der Waals surface area contributed by atoms with E-state index in [2.05, 4.69) is 10.3 Å². The van der Waals surface area contributed by atoms with Crippen molar-refractivity contribution in [3.63, 3.8) is 0 Å². The number of ether oxygens (including phenoxy) is 1. The standard InChI is InChI=1S/C11H12F2N2O/c12-9-3-15-4-10(13)11(9)16-5-8-6-1-14-2-7(6)8/h3-4,6-8,14H,1-2,5H2. The summed E-state index contributed by atoms with van der Waals surface area (Å²) in [6.45, 7) is 2.40. The zero-order chi connectivity index (χ0) is 11.1. The largest absolute Gasteiger partial charge is 0.487 e. The van der Waals surface area contributed by atoms with E-state index >= 15 is 0 Å². The third kappa shape index (κ3) is 1.55. The summed E-state index contributed by atoms with van der Waals surface area (Å²) in [4.78, 5) is 3.40. The number of nitrogens with zero attached hydrogens (tertiary/aromatic N) is 1. The quantitative estimate of drug-likeness (QED) is 0.841. The lowest BCUT2D eigenvalue weighted by atomic mass is 10.3. The lowest BCUT2D eigenvalue weighted by Crippen LogP contribution is -2.18. The summed E-state index contributed by atoms with van der Waals surface area (Å²) in [6.07, 6.45) is 1.93. The van der Waals surface area contributed by atoms with Crippen molar-refractivity contribution in [3.8, 4) is 5.75 Å². The molecule has 3 rings (SSSR count). The molecule has 0 amide bonds. The predicted octanol–water partition coefficient (Wildman–Crippen LogP) is 1.20. The third-order valence-corrected chi connectivity index (χ3v) is 3.50. The Bertz CT molecular complexity index is 383. The summed E-state index contributed by atoms with van der Waals surface area (Å²) in [7, 11) is 0. The monoisotopic (exact) mass is 226 g/mol. The second kappa shape index (κ2) is 3.66. The first-order valence-corrected chi connectivity index (χ1v) is 5.40. The van der Waals surface area contributed by atoms with Gasteiger partial charge in [-0.2, -0.15) is 0 Å². The highest BCUT2D eigenvalue weighted by Crippen LogP contribution is 2.48. The highest BCUT2D eigenvalue weighted by atomic mass is 19.1. The van der Waals surface area contributed by atoms with Gasteiger partial charge in [-0.25, -0.2) is 8.78 Å². The van der Waals surface area contributed by atoms with Crippen LogP contribution in [0.15, 0.2) is 12.4 Å². The number of halogens is 2. The molecule has 0 spiro atoms. The summed E-state index contributed by atoms with van der Waals surface area (Å²) < 4.78 is 31.6. The van der Waals surface area contributed by atoms with Gasteiger partial charge >= 0.3 is 0 Å². The molecule has 2 aliphatic rings. The van der Waals surface area contributed by atoms with Crippen LogP contribution in [0.1, 0.15) is 0 Å². The Morgan fingerprint density at radius 3 is 2.50 bits per heavy atom. The summed E-state index contributed by atoms with van der Waals surface area (Å²) in [5, 5.41) is 3.26. The van der Waals surface area contributed by atoms with Crippen LogP contribution in [0, 0.1) is 29.4 Å². The average molecular weight is 226 g/mol. The minimum Gasteiger partial charge on any atom is -0.487 e. The van der Waals surface area contributed by atoms with Gasteiger partial charge in [0.2, 0.25) is 0 Å². The van der Waals surface area contributed by atoms with Crippen LogP contribution >= 0.6 is 0 Å². The molecular formula is C11H12F2N2O. The third-order valence-electron chi connectivity index (χ3n) is 3.50. The first-order chi connectivity index (χ1) is 7.77. The number of rotatable bonds is 3. The maximum atomic E-state index is 13.2. The van der Waals surface area contributed by atoms with Gasteiger partial charge in [0.1, 0.15) is 0 Å². The molecule has 1 saturated carbocycles. The van der Waals surface area contributed by atoms with Crippen LogP contribution in [0.4, 0.5) is 8.78 Å². The second-order valence-corrected chi connectivity index (χ2v) is 4.39. The Morgan fingerprint density at radius 1 is 1.25 bits per heavy atom. The second-order valence-electron chi connectivity index (χ2n) is 4.39. The number of nitrogens with one attached hydrogen (secondary N) is 1. The summed E-state index contributed by atoms with van der Waals surface area (Å²) in [5.41, 5.74) is 0. The molecule has 3 nitrogen and oxygen atoms in total. The van der Waals surface area contributed by atoms with E-state index in [1.165, 1.54) is 0 Å². The lowest BCUT2D eigenvalue weighted by molar-refractivity contribution is 0.254. The molecule has 1 aliphatic heterocycles. The smallest absolute Gasteiger partial charge is 0.193 e. The molecule has 0 bridgehead atoms. The van der Waals surface area contributed by atoms with Crippen molar-refractivity contribution in [1.82, 2.24) is 10.3 Å². The van der Waals surface area contributed by atoms with Crippen LogP contribution in [-0.2, 0) is 0 Å². The number of hydrogen-bond acceptors (Lipinski definition) is 3. The van der Waals surface area contributed by atoms with Crippen molar-refractivity contribution in [2.24, 2.45) is 17.8 Å². The number of piperidine rings is 1. The first-order valence-electron chi connectivity index (χ1n) is 5.40. The summed E-state index contributed by atoms with van der Waals surface area (Å²) >= 11 is 0. The van der Waals surface area contributed by atoms with Gasteiger partial charge in [-0.3, -0.25) is 4.98 Å². The van der Waals surface area contributed by atoms with E-state index in [0.29, 0.717) is 24.4 Å². The number of pyridine rings is 1. The van der Waals surface area contributed by atoms with Crippen molar-refractivity contribution in [2.45, 2.75) is 0 Å². The van der Waals surface area contributed by atoms with Crippen molar-refractivity contribution in [3.05, 3.63) is 24.0 Å². The summed E-state index contributed by atoms with van der Waals surface area (Å²) in [5.74, 6) is -0.0464. The van der Waals surface area contributed by atoms with Crippen LogP contribution in [-0.4, -0.2) is 24.7 Å². The van der Waals surface area contributed by atoms with E-state index in [4.69, 9.17) is 4.74 Å². The lowest BCUT2D eigenvalue weighted by Gasteiger charge is -2.09. The molecule has 1 aromatic heterocycles. The highest BCUT2D eigenvalue weighted by molar-refractivity contribution is 5.22. The van der Waals surface area contributed by atoms with Crippen molar-refractivity contribution >= 4 is 0 Å². The van der Waals surface area contributed by atoms with E-state index in [-0.39, 0.29) is 5.75 Å². The SMILES string of the molecule is Fc1cncc(F)c1OCC1C2CNCC21. The van der Waals surface area contributed by atoms with Crippen LogP contribution < -0.4 is 10.1 Å². The van der Waals surface area contributed by atoms with Gasteiger partial charge in [0.05, 0.1) is 19.0 Å². The Hall–Kier alpha value is -1.23. The van der Waals surface area contributed by atoms with Crippen LogP contribution in [0.5, 0.6) is 5.75 Å². The molecule has 1 aromatic rings. The summed E-state index contributed by atoms with van der Waals surface area (Å²) in [6, 6.07) is 0. The predicted molar refractivity (Wildman–Crippen MR) is 53.0 cm³/mol. The van der Waals surface area contributed by atoms with Crippen molar-refractivity contribution in [2.75, 3.05) is 19.7 Å². The zero-order valence-corrected chi connectivity index (χ0v) is 8.62. The molecule has 5 heteroatoms. The van der Waals surface area contributed by atoms with E-state index in [1.54, 1.807) is 0 Å². The molecule has 2 atom stereocenters. The number of hydrogen-bond donors (Lipinski definition) is 1. The van der Waals surface area contributed by atoms with E-state index in [1.807, 2.05) is 0 Å². The van der Waals surface area contributed by atoms with Gasteiger partial charge in [0.25, 0.3) is 0 Å². The van der Waals surface area contributed by atoms with Crippen LogP contribution in [0.3, 0.4) is 0 Å². The fraction of sp³-hybridized carbons (Fsp3) is 0.545. The number of fused-ring (bicyclic) bond motifs is 1. The molecule has 2 fully saturated rings. The fourth-order valence-electron chi connectivity index (χ4n) is 2.51. The van der Waals surface area contributed by atoms with E-state index in [9.17, 15) is 8.78 Å². The Labute approximate surface area is 91.8 Å². The first kappa shape index (κ1) is 9.96. The van der Waals surface area contributed by atoms with Gasteiger partial charge in [-0.05, 0) is 24.9 Å². The van der Waals surface area contributed by atoms with Gasteiger partial charge < -0.3 is 10.1 Å². The van der Waals surface area contributed by atoms with Gasteiger partial charge in [0, 0.05) is 5.92 Å². The zero-order valence-electron chi connectivity index (χ0n) is 8.62. The molecular weight excluding hydrogens is 214 g/mol. The van der Waals surface area contributed by atoms with Gasteiger partial charge in [0.15, 0.2) is 17.4 Å². The van der Waals surface area contributed by atoms with Gasteiger partial charge in [-0.15, -0.1) is 0 Å².